The van der Waals surface area contributed by atoms with E-state index in [4.69, 9.17) is 9.84 Å². The summed E-state index contributed by atoms with van der Waals surface area (Å²) in [6.07, 6.45) is -3.03. The van der Waals surface area contributed by atoms with Gasteiger partial charge in [-0.1, -0.05) is 5.92 Å². The normalized spacial score (nSPS) is 31.7. The van der Waals surface area contributed by atoms with E-state index in [9.17, 15) is 15.3 Å². The highest BCUT2D eigenvalue weighted by atomic mass is 16.5. The molecule has 3 heterocycles. The first-order chi connectivity index (χ1) is 10.6. The largest absolute Gasteiger partial charge is 0.394 e. The molecule has 8 heteroatoms. The molecule has 1 fully saturated rings. The fourth-order valence-electron chi connectivity index (χ4n) is 2.32. The van der Waals surface area contributed by atoms with Crippen LogP contribution in [0.1, 0.15) is 5.69 Å². The lowest BCUT2D eigenvalue weighted by Crippen LogP contribution is -2.58. The quantitative estimate of drug-likeness (QED) is 0.391. The van der Waals surface area contributed by atoms with Crippen LogP contribution in [0.4, 0.5) is 0 Å². The van der Waals surface area contributed by atoms with Crippen LogP contribution < -0.4 is 0 Å². The van der Waals surface area contributed by atoms with E-state index in [0.29, 0.717) is 11.2 Å². The minimum atomic E-state index is -1.44. The molecule has 0 aromatic carbocycles. The average molecular weight is 305 g/mol. The van der Waals surface area contributed by atoms with E-state index in [0.717, 1.165) is 5.39 Å². The van der Waals surface area contributed by atoms with Crippen LogP contribution >= 0.6 is 0 Å². The summed E-state index contributed by atoms with van der Waals surface area (Å²) in [6, 6.07) is 1.78. The first-order valence-corrected chi connectivity index (χ1v) is 6.72. The Morgan fingerprint density at radius 3 is 2.82 bits per heavy atom. The molecule has 116 valence electrons. The van der Waals surface area contributed by atoms with Crippen molar-refractivity contribution < 1.29 is 25.2 Å². The Morgan fingerprint density at radius 1 is 1.23 bits per heavy atom. The summed E-state index contributed by atoms with van der Waals surface area (Å²) in [5.41, 5.74) is 1.08. The Morgan fingerprint density at radius 2 is 2.05 bits per heavy atom. The summed E-state index contributed by atoms with van der Waals surface area (Å²) < 4.78 is 5.31. The zero-order chi connectivity index (χ0) is 15.7. The third-order valence-corrected chi connectivity index (χ3v) is 3.59. The smallest absolute Gasteiger partial charge is 0.147 e. The van der Waals surface area contributed by atoms with Gasteiger partial charge in [0.1, 0.15) is 36.2 Å². The van der Waals surface area contributed by atoms with Gasteiger partial charge in [0.2, 0.25) is 0 Å². The molecule has 0 aliphatic carbocycles. The van der Waals surface area contributed by atoms with Crippen LogP contribution in [0, 0.1) is 11.8 Å². The molecular formula is C14H15N3O5. The maximum Gasteiger partial charge on any atom is 0.147 e. The van der Waals surface area contributed by atoms with Gasteiger partial charge in [-0.15, -0.1) is 0 Å². The molecule has 0 spiro atoms. The summed E-state index contributed by atoms with van der Waals surface area (Å²) in [5.74, 6) is 5.43. The lowest BCUT2D eigenvalue weighted by atomic mass is 9.95. The van der Waals surface area contributed by atoms with Crippen LogP contribution in [-0.4, -0.2) is 72.7 Å². The van der Waals surface area contributed by atoms with Gasteiger partial charge in [-0.3, -0.25) is 5.10 Å². The number of aliphatic hydroxyl groups excluding tert-OH is 4. The summed E-state index contributed by atoms with van der Waals surface area (Å²) in [6.45, 7) is -0.489. The van der Waals surface area contributed by atoms with E-state index in [1.54, 1.807) is 18.5 Å². The fourth-order valence-corrected chi connectivity index (χ4v) is 2.32. The van der Waals surface area contributed by atoms with E-state index < -0.39 is 37.1 Å². The van der Waals surface area contributed by atoms with Gasteiger partial charge in [0.15, 0.2) is 0 Å². The van der Waals surface area contributed by atoms with E-state index in [2.05, 4.69) is 27.0 Å². The molecular weight excluding hydrogens is 290 g/mol. The van der Waals surface area contributed by atoms with Gasteiger partial charge in [0.05, 0.1) is 18.3 Å². The average Bonchev–Trinajstić information content (AvgIpc) is 3.01. The van der Waals surface area contributed by atoms with Gasteiger partial charge < -0.3 is 25.2 Å². The summed E-state index contributed by atoms with van der Waals surface area (Å²) in [5, 5.41) is 46.0. The number of pyridine rings is 1. The van der Waals surface area contributed by atoms with Crippen LogP contribution in [0.3, 0.4) is 0 Å². The highest BCUT2D eigenvalue weighted by molar-refractivity contribution is 5.82. The predicted molar refractivity (Wildman–Crippen MR) is 74.5 cm³/mol. The number of fused-ring (bicyclic) bond motifs is 1. The summed E-state index contributed by atoms with van der Waals surface area (Å²) >= 11 is 0. The lowest BCUT2D eigenvalue weighted by molar-refractivity contribution is -0.214. The first-order valence-electron chi connectivity index (χ1n) is 6.72. The van der Waals surface area contributed by atoms with Crippen molar-refractivity contribution in [2.24, 2.45) is 0 Å². The minimum Gasteiger partial charge on any atom is -0.394 e. The molecule has 0 bridgehead atoms. The predicted octanol–water partition coefficient (Wildman–Crippen LogP) is -1.85. The number of nitrogens with zero attached hydrogens (tertiary/aromatic N) is 2. The Bertz CT molecular complexity index is 720. The monoisotopic (exact) mass is 305 g/mol. The molecule has 0 radical (unpaired) electrons. The zero-order valence-electron chi connectivity index (χ0n) is 11.4. The number of rotatable bonds is 1. The second-order valence-corrected chi connectivity index (χ2v) is 5.01. The summed E-state index contributed by atoms with van der Waals surface area (Å²) in [4.78, 5) is 4.12. The number of ether oxygens (including phenoxy) is 1. The second kappa shape index (κ2) is 6.00. The molecule has 1 aliphatic heterocycles. The molecule has 5 atom stereocenters. The number of aromatic nitrogens is 3. The molecule has 22 heavy (non-hydrogen) atoms. The topological polar surface area (TPSA) is 132 Å². The third kappa shape index (κ3) is 2.56. The maximum absolute atomic E-state index is 9.91. The van der Waals surface area contributed by atoms with E-state index in [-0.39, 0.29) is 0 Å². The van der Waals surface area contributed by atoms with Crippen molar-refractivity contribution in [3.63, 3.8) is 0 Å². The molecule has 2 aromatic rings. The van der Waals surface area contributed by atoms with E-state index in [1.165, 1.54) is 0 Å². The highest BCUT2D eigenvalue weighted by Crippen LogP contribution is 2.21. The van der Waals surface area contributed by atoms with Crippen molar-refractivity contribution >= 4 is 10.9 Å². The number of hydrogen-bond donors (Lipinski definition) is 5. The van der Waals surface area contributed by atoms with Gasteiger partial charge in [-0.25, -0.2) is 4.98 Å². The molecule has 2 aromatic heterocycles. The van der Waals surface area contributed by atoms with Crippen molar-refractivity contribution in [2.45, 2.75) is 30.5 Å². The fraction of sp³-hybridized carbons (Fsp3) is 0.429. The van der Waals surface area contributed by atoms with Gasteiger partial charge >= 0.3 is 0 Å². The SMILES string of the molecule is OCC1OC(C#Cc2nccc3cn[nH]c23)C(O)C(O)[C@@H]1O. The van der Waals surface area contributed by atoms with Gasteiger partial charge in [-0.05, 0) is 12.0 Å². The summed E-state index contributed by atoms with van der Waals surface area (Å²) in [7, 11) is 0. The Labute approximate surface area is 125 Å². The number of aromatic amines is 1. The Hall–Kier alpha value is -2.02. The van der Waals surface area contributed by atoms with Crippen molar-refractivity contribution in [1.82, 2.24) is 15.2 Å². The molecule has 8 nitrogen and oxygen atoms in total. The van der Waals surface area contributed by atoms with Gasteiger partial charge in [-0.2, -0.15) is 5.10 Å². The third-order valence-electron chi connectivity index (χ3n) is 3.59. The Balaban J connectivity index is 1.88. The van der Waals surface area contributed by atoms with E-state index >= 15 is 0 Å². The van der Waals surface area contributed by atoms with Crippen LogP contribution in [0.2, 0.25) is 0 Å². The number of nitrogens with one attached hydrogen (secondary N) is 1. The van der Waals surface area contributed by atoms with Crippen LogP contribution in [0.25, 0.3) is 10.9 Å². The maximum atomic E-state index is 9.91. The van der Waals surface area contributed by atoms with Gasteiger partial charge in [0, 0.05) is 11.6 Å². The number of aliphatic hydroxyl groups is 4. The van der Waals surface area contributed by atoms with Crippen molar-refractivity contribution in [2.75, 3.05) is 6.61 Å². The van der Waals surface area contributed by atoms with Crippen LogP contribution in [0.15, 0.2) is 18.5 Å². The minimum absolute atomic E-state index is 0.423. The lowest BCUT2D eigenvalue weighted by Gasteiger charge is -2.37. The highest BCUT2D eigenvalue weighted by Gasteiger charge is 2.42. The molecule has 1 aliphatic rings. The van der Waals surface area contributed by atoms with Crippen molar-refractivity contribution in [3.8, 4) is 11.8 Å². The molecule has 1 saturated heterocycles. The number of H-pyrrole nitrogens is 1. The first kappa shape index (κ1) is 14.9. The molecule has 0 saturated carbocycles. The molecule has 0 amide bonds. The molecule has 3 rings (SSSR count). The van der Waals surface area contributed by atoms with Gasteiger partial charge in [0.25, 0.3) is 0 Å². The number of hydrogen-bond acceptors (Lipinski definition) is 7. The van der Waals surface area contributed by atoms with Crippen molar-refractivity contribution in [1.29, 1.82) is 0 Å². The molecule has 4 unspecified atom stereocenters. The second-order valence-electron chi connectivity index (χ2n) is 5.01. The standard InChI is InChI=1S/C14H15N3O5/c18-6-10-13(20)14(21)12(19)9(22-10)2-1-8-11-7(3-4-15-8)5-16-17-11/h3-5,9-10,12-14,18-21H,6H2,(H,16,17)/t9?,10?,12?,13-,14?/m1/s1. The van der Waals surface area contributed by atoms with Crippen LogP contribution in [0.5, 0.6) is 0 Å². The molecule has 5 N–H and O–H groups in total. The van der Waals surface area contributed by atoms with Crippen LogP contribution in [-0.2, 0) is 4.74 Å². The van der Waals surface area contributed by atoms with Crippen molar-refractivity contribution in [3.05, 3.63) is 24.2 Å². The zero-order valence-corrected chi connectivity index (χ0v) is 11.4. The Kier molecular flexibility index (Phi) is 4.06. The van der Waals surface area contributed by atoms with E-state index in [1.807, 2.05) is 0 Å².